The lowest BCUT2D eigenvalue weighted by molar-refractivity contribution is 0.0534. The fourth-order valence-corrected chi connectivity index (χ4v) is 3.34. The van der Waals surface area contributed by atoms with Crippen LogP contribution in [0.3, 0.4) is 0 Å². The summed E-state index contributed by atoms with van der Waals surface area (Å²) in [6, 6.07) is 4.90. The van der Waals surface area contributed by atoms with Gasteiger partial charge in [-0.25, -0.2) is 9.37 Å². The van der Waals surface area contributed by atoms with Crippen LogP contribution in [-0.4, -0.2) is 29.2 Å². The van der Waals surface area contributed by atoms with Gasteiger partial charge in [0.25, 0.3) is 6.01 Å². The zero-order valence-corrected chi connectivity index (χ0v) is 13.5. The fourth-order valence-electron chi connectivity index (χ4n) is 2.74. The Labute approximate surface area is 136 Å². The third kappa shape index (κ3) is 3.07. The Morgan fingerprint density at radius 2 is 2.35 bits per heavy atom. The van der Waals surface area contributed by atoms with Gasteiger partial charge in [-0.05, 0) is 25.5 Å². The molecule has 0 amide bonds. The summed E-state index contributed by atoms with van der Waals surface area (Å²) in [6.45, 7) is 4.05. The van der Waals surface area contributed by atoms with Crippen LogP contribution in [0.5, 0.6) is 0 Å². The normalized spacial score (nSPS) is 18.2. The maximum Gasteiger partial charge on any atom is 0.298 e. The highest BCUT2D eigenvalue weighted by Gasteiger charge is 2.26. The molecule has 1 saturated heterocycles. The molecule has 0 spiro atoms. The van der Waals surface area contributed by atoms with Gasteiger partial charge in [-0.3, -0.25) is 0 Å². The van der Waals surface area contributed by atoms with Gasteiger partial charge in [0.1, 0.15) is 11.3 Å². The number of hydrogen-bond acceptors (Lipinski definition) is 6. The number of aromatic nitrogens is 2. The van der Waals surface area contributed by atoms with Gasteiger partial charge in [-0.2, -0.15) is 4.98 Å². The van der Waals surface area contributed by atoms with Gasteiger partial charge in [0, 0.05) is 24.5 Å². The number of thiazole rings is 1. The lowest BCUT2D eigenvalue weighted by Gasteiger charge is -2.13. The van der Waals surface area contributed by atoms with Gasteiger partial charge in [-0.15, -0.1) is 11.3 Å². The number of oxazole rings is 1. The predicted molar refractivity (Wildman–Crippen MR) is 86.2 cm³/mol. The first kappa shape index (κ1) is 14.6. The van der Waals surface area contributed by atoms with Crippen LogP contribution in [0.4, 0.5) is 10.4 Å². The van der Waals surface area contributed by atoms with E-state index in [-0.39, 0.29) is 11.9 Å². The topological polar surface area (TPSA) is 51.4 Å². The third-order valence-corrected chi connectivity index (χ3v) is 4.71. The van der Waals surface area contributed by atoms with Crippen molar-refractivity contribution in [3.63, 3.8) is 0 Å². The molecule has 2 aromatic heterocycles. The molecule has 3 heterocycles. The maximum absolute atomic E-state index is 13.2. The lowest BCUT2D eigenvalue weighted by Crippen LogP contribution is -2.23. The van der Waals surface area contributed by atoms with Gasteiger partial charge >= 0.3 is 0 Å². The Balaban J connectivity index is 1.40. The molecule has 0 aliphatic carbocycles. The lowest BCUT2D eigenvalue weighted by atomic mass is 10.3. The van der Waals surface area contributed by atoms with Crippen molar-refractivity contribution in [1.82, 2.24) is 9.97 Å². The average molecular weight is 333 g/mol. The van der Waals surface area contributed by atoms with Crippen LogP contribution in [-0.2, 0) is 11.3 Å². The fraction of sp³-hybridized carbons (Fsp3) is 0.375. The number of fused-ring (bicyclic) bond motifs is 1. The molecular formula is C16H16FN3O2S. The molecule has 5 nitrogen and oxygen atoms in total. The molecule has 1 aliphatic heterocycles. The van der Waals surface area contributed by atoms with E-state index in [2.05, 4.69) is 9.97 Å². The number of aryl methyl sites for hydroxylation is 1. The summed E-state index contributed by atoms with van der Waals surface area (Å²) >= 11 is 1.63. The summed E-state index contributed by atoms with van der Waals surface area (Å²) in [6.07, 6.45) is 1.04. The highest BCUT2D eigenvalue weighted by Crippen LogP contribution is 2.26. The number of benzene rings is 1. The van der Waals surface area contributed by atoms with Crippen molar-refractivity contribution >= 4 is 28.5 Å². The van der Waals surface area contributed by atoms with Crippen molar-refractivity contribution in [2.24, 2.45) is 0 Å². The van der Waals surface area contributed by atoms with E-state index in [0.29, 0.717) is 23.7 Å². The van der Waals surface area contributed by atoms with E-state index in [9.17, 15) is 4.39 Å². The molecule has 0 saturated carbocycles. The molecule has 0 unspecified atom stereocenters. The molecule has 0 bridgehead atoms. The molecular weight excluding hydrogens is 317 g/mol. The molecule has 3 aromatic rings. The summed E-state index contributed by atoms with van der Waals surface area (Å²) in [5, 5.41) is 3.08. The standard InChI is InChI=1S/C16H16FN3O2S/c1-10-18-12(9-23-10)8-21-13-4-5-20(7-13)16-19-14-6-11(17)2-3-15(14)22-16/h2-3,6,9,13H,4-5,7-8H2,1H3/t13-/m1/s1. The van der Waals surface area contributed by atoms with Crippen molar-refractivity contribution in [3.05, 3.63) is 40.1 Å². The molecule has 120 valence electrons. The summed E-state index contributed by atoms with van der Waals surface area (Å²) in [5.41, 5.74) is 2.12. The minimum Gasteiger partial charge on any atom is -0.423 e. The van der Waals surface area contributed by atoms with Gasteiger partial charge in [0.2, 0.25) is 0 Å². The summed E-state index contributed by atoms with van der Waals surface area (Å²) in [5.74, 6) is -0.307. The monoisotopic (exact) mass is 333 g/mol. The highest BCUT2D eigenvalue weighted by molar-refractivity contribution is 7.09. The first-order valence-electron chi connectivity index (χ1n) is 7.51. The predicted octanol–water partition coefficient (Wildman–Crippen LogP) is 3.53. The number of nitrogens with zero attached hydrogens (tertiary/aromatic N) is 3. The minimum absolute atomic E-state index is 0.128. The Morgan fingerprint density at radius 1 is 1.43 bits per heavy atom. The van der Waals surface area contributed by atoms with Gasteiger partial charge in [-0.1, -0.05) is 0 Å². The van der Waals surface area contributed by atoms with Crippen LogP contribution in [0, 0.1) is 12.7 Å². The van der Waals surface area contributed by atoms with Gasteiger partial charge < -0.3 is 14.1 Å². The van der Waals surface area contributed by atoms with E-state index in [1.807, 2.05) is 17.2 Å². The Morgan fingerprint density at radius 3 is 3.17 bits per heavy atom. The Bertz CT molecular complexity index is 832. The maximum atomic E-state index is 13.2. The van der Waals surface area contributed by atoms with Gasteiger partial charge in [0.05, 0.1) is 23.4 Å². The highest BCUT2D eigenvalue weighted by atomic mass is 32.1. The number of hydrogen-bond donors (Lipinski definition) is 0. The van der Waals surface area contributed by atoms with E-state index in [1.165, 1.54) is 12.1 Å². The zero-order chi connectivity index (χ0) is 15.8. The van der Waals surface area contributed by atoms with E-state index >= 15 is 0 Å². The van der Waals surface area contributed by atoms with E-state index in [4.69, 9.17) is 9.15 Å². The molecule has 7 heteroatoms. The number of rotatable bonds is 4. The third-order valence-electron chi connectivity index (χ3n) is 3.89. The second kappa shape index (κ2) is 5.90. The van der Waals surface area contributed by atoms with Crippen molar-refractivity contribution < 1.29 is 13.5 Å². The molecule has 23 heavy (non-hydrogen) atoms. The average Bonchev–Trinajstić information content (AvgIpc) is 3.23. The SMILES string of the molecule is Cc1nc(CO[C@@H]2CCN(c3nc4cc(F)ccc4o3)C2)cs1. The van der Waals surface area contributed by atoms with Crippen LogP contribution in [0.25, 0.3) is 11.1 Å². The van der Waals surface area contributed by atoms with Crippen LogP contribution < -0.4 is 4.90 Å². The van der Waals surface area contributed by atoms with E-state index in [0.717, 1.165) is 30.2 Å². The second-order valence-corrected chi connectivity index (χ2v) is 6.70. The number of halogens is 1. The first-order chi connectivity index (χ1) is 11.2. The number of ether oxygens (including phenoxy) is 1. The molecule has 1 fully saturated rings. The van der Waals surface area contributed by atoms with Crippen molar-refractivity contribution in [2.75, 3.05) is 18.0 Å². The molecule has 0 N–H and O–H groups in total. The smallest absolute Gasteiger partial charge is 0.298 e. The van der Waals surface area contributed by atoms with E-state index < -0.39 is 0 Å². The molecule has 1 aliphatic rings. The van der Waals surface area contributed by atoms with Crippen molar-refractivity contribution in [1.29, 1.82) is 0 Å². The summed E-state index contributed by atoms with van der Waals surface area (Å²) < 4.78 is 24.9. The van der Waals surface area contributed by atoms with Crippen LogP contribution >= 0.6 is 11.3 Å². The van der Waals surface area contributed by atoms with Gasteiger partial charge in [0.15, 0.2) is 5.58 Å². The van der Waals surface area contributed by atoms with Crippen LogP contribution in [0.2, 0.25) is 0 Å². The summed E-state index contributed by atoms with van der Waals surface area (Å²) in [4.78, 5) is 10.8. The quantitative estimate of drug-likeness (QED) is 0.731. The minimum atomic E-state index is -0.307. The number of anilines is 1. The van der Waals surface area contributed by atoms with Crippen LogP contribution in [0.1, 0.15) is 17.1 Å². The second-order valence-electron chi connectivity index (χ2n) is 5.63. The van der Waals surface area contributed by atoms with E-state index in [1.54, 1.807) is 17.4 Å². The van der Waals surface area contributed by atoms with Crippen molar-refractivity contribution in [2.45, 2.75) is 26.1 Å². The Kier molecular flexibility index (Phi) is 3.74. The summed E-state index contributed by atoms with van der Waals surface area (Å²) in [7, 11) is 0. The molecule has 0 radical (unpaired) electrons. The molecule has 1 atom stereocenters. The molecule has 4 rings (SSSR count). The van der Waals surface area contributed by atoms with Crippen LogP contribution in [0.15, 0.2) is 28.0 Å². The molecule has 1 aromatic carbocycles. The van der Waals surface area contributed by atoms with Crippen molar-refractivity contribution in [3.8, 4) is 0 Å². The largest absolute Gasteiger partial charge is 0.423 e. The zero-order valence-electron chi connectivity index (χ0n) is 12.7. The first-order valence-corrected chi connectivity index (χ1v) is 8.39. The Hall–Kier alpha value is -1.99.